The number of aryl methyl sites for hydroxylation is 2. The number of carbonyl (C=O) groups excluding carboxylic acids is 2. The molecule has 2 bridgehead atoms. The predicted molar refractivity (Wildman–Crippen MR) is 118 cm³/mol. The maximum Gasteiger partial charge on any atom is 0.239 e. The fourth-order valence-electron chi connectivity index (χ4n) is 6.40. The third kappa shape index (κ3) is 2.08. The number of imide groups is 1. The van der Waals surface area contributed by atoms with Crippen molar-refractivity contribution in [3.8, 4) is 0 Å². The van der Waals surface area contributed by atoms with Crippen molar-refractivity contribution in [3.05, 3.63) is 100 Å². The van der Waals surface area contributed by atoms with Crippen molar-refractivity contribution >= 4 is 17.5 Å². The van der Waals surface area contributed by atoms with E-state index in [0.29, 0.717) is 5.69 Å². The fraction of sp³-hybridized carbons (Fsp3) is 0.259. The van der Waals surface area contributed by atoms with Crippen LogP contribution in [0.3, 0.4) is 0 Å². The second-order valence-electron chi connectivity index (χ2n) is 9.09. The van der Waals surface area contributed by atoms with Gasteiger partial charge in [0.1, 0.15) is 0 Å². The summed E-state index contributed by atoms with van der Waals surface area (Å²) in [6, 6.07) is 21.9. The number of benzene rings is 3. The van der Waals surface area contributed by atoms with Gasteiger partial charge in [0.05, 0.1) is 29.5 Å². The molecule has 1 saturated heterocycles. The molecule has 0 radical (unpaired) electrons. The molecule has 4 aliphatic rings. The lowest BCUT2D eigenvalue weighted by Crippen LogP contribution is -2.55. The lowest BCUT2D eigenvalue weighted by Gasteiger charge is -2.53. The molecule has 2 atom stereocenters. The molecule has 2 amide bonds. The normalized spacial score (nSPS) is 27.8. The summed E-state index contributed by atoms with van der Waals surface area (Å²) in [5.74, 6) is -1.66. The number of aliphatic hydroxyl groups excluding tert-OH is 1. The first-order valence-electron chi connectivity index (χ1n) is 10.8. The zero-order valence-corrected chi connectivity index (χ0v) is 17.5. The Labute approximate surface area is 181 Å². The van der Waals surface area contributed by atoms with E-state index >= 15 is 0 Å². The maximum atomic E-state index is 14.0. The summed E-state index contributed by atoms with van der Waals surface area (Å²) >= 11 is 0. The third-order valence-corrected chi connectivity index (χ3v) is 7.65. The highest BCUT2D eigenvalue weighted by Gasteiger charge is 2.68. The van der Waals surface area contributed by atoms with Crippen molar-refractivity contribution in [2.75, 3.05) is 11.5 Å². The fourth-order valence-corrected chi connectivity index (χ4v) is 6.40. The van der Waals surface area contributed by atoms with Crippen LogP contribution in [0.2, 0.25) is 0 Å². The average molecular weight is 409 g/mol. The van der Waals surface area contributed by atoms with Crippen LogP contribution in [-0.2, 0) is 15.0 Å². The third-order valence-electron chi connectivity index (χ3n) is 7.65. The Morgan fingerprint density at radius 1 is 0.871 bits per heavy atom. The largest absolute Gasteiger partial charge is 0.395 e. The number of carbonyl (C=O) groups is 2. The van der Waals surface area contributed by atoms with Gasteiger partial charge in [-0.05, 0) is 53.3 Å². The number of rotatable bonds is 2. The summed E-state index contributed by atoms with van der Waals surface area (Å²) in [4.78, 5) is 29.3. The quantitative estimate of drug-likeness (QED) is 0.654. The Morgan fingerprint density at radius 3 is 2.10 bits per heavy atom. The second-order valence-corrected chi connectivity index (χ2v) is 9.09. The van der Waals surface area contributed by atoms with E-state index in [-0.39, 0.29) is 24.3 Å². The minimum absolute atomic E-state index is 0.157. The number of hydrogen-bond donors (Lipinski definition) is 1. The van der Waals surface area contributed by atoms with Crippen LogP contribution in [0.1, 0.15) is 39.3 Å². The molecule has 4 nitrogen and oxygen atoms in total. The standard InChI is InChI=1S/C27H23NO3/c1-15-11-12-16(2)21(13-15)28-25(30)23-22-17-7-3-5-9-19(17)27(14-29,24(23)26(28)31)20-10-6-4-8-18(20)22/h3-13,22-24,29H,14H2,1-2H3/t22?,23-,24-,27?/m1/s1. The molecule has 0 spiro atoms. The van der Waals surface area contributed by atoms with Gasteiger partial charge in [-0.3, -0.25) is 9.59 Å². The van der Waals surface area contributed by atoms with E-state index in [1.165, 1.54) is 4.90 Å². The van der Waals surface area contributed by atoms with Gasteiger partial charge in [-0.15, -0.1) is 0 Å². The number of nitrogens with zero attached hydrogens (tertiary/aromatic N) is 1. The van der Waals surface area contributed by atoms with Gasteiger partial charge in [-0.1, -0.05) is 60.7 Å². The molecule has 1 aliphatic heterocycles. The van der Waals surface area contributed by atoms with E-state index in [9.17, 15) is 14.7 Å². The van der Waals surface area contributed by atoms with Gasteiger partial charge in [-0.25, -0.2) is 4.90 Å². The molecule has 1 N–H and O–H groups in total. The van der Waals surface area contributed by atoms with Crippen molar-refractivity contribution < 1.29 is 14.7 Å². The Morgan fingerprint density at radius 2 is 1.48 bits per heavy atom. The SMILES string of the molecule is Cc1ccc(C)c(N2C(=O)[C@@H]3C4c5ccccc5C(CO)(c5ccccc54)[C@H]3C2=O)c1. The van der Waals surface area contributed by atoms with E-state index in [1.807, 2.05) is 68.4 Å². The van der Waals surface area contributed by atoms with Crippen molar-refractivity contribution in [2.45, 2.75) is 25.2 Å². The molecule has 0 aromatic heterocycles. The first-order chi connectivity index (χ1) is 15.0. The first kappa shape index (κ1) is 18.5. The zero-order valence-electron chi connectivity index (χ0n) is 17.5. The topological polar surface area (TPSA) is 57.6 Å². The van der Waals surface area contributed by atoms with Crippen LogP contribution < -0.4 is 4.90 Å². The molecule has 1 fully saturated rings. The van der Waals surface area contributed by atoms with Crippen LogP contribution in [0.15, 0.2) is 66.7 Å². The summed E-state index contributed by atoms with van der Waals surface area (Å²) in [7, 11) is 0. The van der Waals surface area contributed by atoms with Gasteiger partial charge in [-0.2, -0.15) is 0 Å². The number of hydrogen-bond acceptors (Lipinski definition) is 3. The monoisotopic (exact) mass is 409 g/mol. The van der Waals surface area contributed by atoms with Gasteiger partial charge >= 0.3 is 0 Å². The first-order valence-corrected chi connectivity index (χ1v) is 10.8. The van der Waals surface area contributed by atoms with Crippen LogP contribution in [-0.4, -0.2) is 23.5 Å². The molecule has 4 heteroatoms. The highest BCUT2D eigenvalue weighted by Crippen LogP contribution is 2.64. The lowest BCUT2D eigenvalue weighted by molar-refractivity contribution is -0.124. The molecule has 31 heavy (non-hydrogen) atoms. The summed E-state index contributed by atoms with van der Waals surface area (Å²) in [5.41, 5.74) is 5.71. The van der Waals surface area contributed by atoms with Gasteiger partial charge in [0.2, 0.25) is 11.8 Å². The average Bonchev–Trinajstić information content (AvgIpc) is 3.06. The molecule has 3 aromatic rings. The number of amides is 2. The van der Waals surface area contributed by atoms with Crippen LogP contribution in [0.25, 0.3) is 0 Å². The molecule has 154 valence electrons. The van der Waals surface area contributed by atoms with Gasteiger partial charge in [0.15, 0.2) is 0 Å². The Kier molecular flexibility index (Phi) is 3.67. The molecular weight excluding hydrogens is 386 g/mol. The molecule has 1 heterocycles. The Bertz CT molecular complexity index is 1230. The van der Waals surface area contributed by atoms with Crippen LogP contribution in [0, 0.1) is 25.7 Å². The Balaban J connectivity index is 1.65. The van der Waals surface area contributed by atoms with E-state index in [2.05, 4.69) is 12.1 Å². The van der Waals surface area contributed by atoms with Crippen molar-refractivity contribution in [1.82, 2.24) is 0 Å². The maximum absolute atomic E-state index is 14.0. The van der Waals surface area contributed by atoms with Crippen LogP contribution in [0.4, 0.5) is 5.69 Å². The number of aliphatic hydroxyl groups is 1. The summed E-state index contributed by atoms with van der Waals surface area (Å²) in [6.45, 7) is 3.68. The predicted octanol–water partition coefficient (Wildman–Crippen LogP) is 3.85. The highest BCUT2D eigenvalue weighted by molar-refractivity contribution is 6.24. The second kappa shape index (κ2) is 6.14. The van der Waals surface area contributed by atoms with Gasteiger partial charge in [0.25, 0.3) is 0 Å². The minimum atomic E-state index is -0.911. The molecule has 3 aliphatic carbocycles. The van der Waals surface area contributed by atoms with E-state index in [0.717, 1.165) is 33.4 Å². The van der Waals surface area contributed by atoms with E-state index in [1.54, 1.807) is 0 Å². The molecule has 0 unspecified atom stereocenters. The highest BCUT2D eigenvalue weighted by atomic mass is 16.3. The Hall–Kier alpha value is -3.24. The van der Waals surface area contributed by atoms with E-state index in [4.69, 9.17) is 0 Å². The van der Waals surface area contributed by atoms with Crippen LogP contribution >= 0.6 is 0 Å². The summed E-state index contributed by atoms with van der Waals surface area (Å²) < 4.78 is 0. The smallest absolute Gasteiger partial charge is 0.239 e. The van der Waals surface area contributed by atoms with E-state index < -0.39 is 17.3 Å². The van der Waals surface area contributed by atoms with Crippen LogP contribution in [0.5, 0.6) is 0 Å². The molecule has 3 aromatic carbocycles. The summed E-state index contributed by atoms with van der Waals surface area (Å²) in [5, 5.41) is 10.9. The minimum Gasteiger partial charge on any atom is -0.395 e. The van der Waals surface area contributed by atoms with Gasteiger partial charge in [0, 0.05) is 5.92 Å². The van der Waals surface area contributed by atoms with Crippen molar-refractivity contribution in [1.29, 1.82) is 0 Å². The van der Waals surface area contributed by atoms with Gasteiger partial charge < -0.3 is 5.11 Å². The zero-order chi connectivity index (χ0) is 21.5. The lowest BCUT2D eigenvalue weighted by atomic mass is 9.47. The molecular formula is C27H23NO3. The number of anilines is 1. The van der Waals surface area contributed by atoms with Crippen molar-refractivity contribution in [3.63, 3.8) is 0 Å². The summed E-state index contributed by atoms with van der Waals surface area (Å²) in [6.07, 6.45) is 0. The van der Waals surface area contributed by atoms with Crippen molar-refractivity contribution in [2.24, 2.45) is 11.8 Å². The molecule has 7 rings (SSSR count). The molecule has 0 saturated carbocycles.